The van der Waals surface area contributed by atoms with Gasteiger partial charge in [0.2, 0.25) is 0 Å². The Balaban J connectivity index is 2.24. The maximum Gasteiger partial charge on any atom is 0.101 e. The number of hydrogen-bond acceptors (Lipinski definition) is 1. The number of H-pyrrole nitrogens is 2. The Morgan fingerprint density at radius 2 is 2.06 bits per heavy atom. The first-order chi connectivity index (χ1) is 8.29. The number of aromatic nitrogens is 2. The van der Waals surface area contributed by atoms with E-state index in [1.165, 1.54) is 5.39 Å². The Morgan fingerprint density at radius 1 is 1.24 bits per heavy atom. The molecule has 0 aliphatic rings. The summed E-state index contributed by atoms with van der Waals surface area (Å²) in [4.78, 5) is 6.48. The van der Waals surface area contributed by atoms with E-state index in [2.05, 4.69) is 22.1 Å². The summed E-state index contributed by atoms with van der Waals surface area (Å²) in [5.74, 6) is 0. The second kappa shape index (κ2) is 3.53. The molecule has 0 fully saturated rings. The SMILES string of the molecule is Cc1[nH]c(-c2c[nH]c3ccccc23)cc1C#N. The molecule has 82 valence electrons. The summed E-state index contributed by atoms with van der Waals surface area (Å²) in [5.41, 5.74) is 4.80. The quantitative estimate of drug-likeness (QED) is 0.650. The van der Waals surface area contributed by atoms with Crippen molar-refractivity contribution in [1.29, 1.82) is 5.26 Å². The van der Waals surface area contributed by atoms with Crippen molar-refractivity contribution in [3.8, 4) is 17.3 Å². The van der Waals surface area contributed by atoms with Crippen molar-refractivity contribution >= 4 is 10.9 Å². The average molecular weight is 221 g/mol. The van der Waals surface area contributed by atoms with Crippen LogP contribution in [-0.2, 0) is 0 Å². The van der Waals surface area contributed by atoms with Crippen molar-refractivity contribution < 1.29 is 0 Å². The predicted molar refractivity (Wildman–Crippen MR) is 67.5 cm³/mol. The van der Waals surface area contributed by atoms with Gasteiger partial charge in [-0.1, -0.05) is 18.2 Å². The number of fused-ring (bicyclic) bond motifs is 1. The Bertz CT molecular complexity index is 725. The average Bonchev–Trinajstić information content (AvgIpc) is 2.92. The first kappa shape index (κ1) is 9.73. The lowest BCUT2D eigenvalue weighted by Crippen LogP contribution is -1.75. The van der Waals surface area contributed by atoms with Crippen LogP contribution in [0.2, 0.25) is 0 Å². The van der Waals surface area contributed by atoms with Crippen LogP contribution in [0.1, 0.15) is 11.3 Å². The normalized spacial score (nSPS) is 10.6. The van der Waals surface area contributed by atoms with E-state index in [1.54, 1.807) is 0 Å². The van der Waals surface area contributed by atoms with Gasteiger partial charge in [0.25, 0.3) is 0 Å². The molecule has 0 saturated carbocycles. The van der Waals surface area contributed by atoms with Gasteiger partial charge >= 0.3 is 0 Å². The molecule has 0 radical (unpaired) electrons. The van der Waals surface area contributed by atoms with Gasteiger partial charge in [0, 0.05) is 34.1 Å². The van der Waals surface area contributed by atoms with Crippen molar-refractivity contribution in [3.05, 3.63) is 47.8 Å². The van der Waals surface area contributed by atoms with Gasteiger partial charge in [-0.3, -0.25) is 0 Å². The number of nitrogens with zero attached hydrogens (tertiary/aromatic N) is 1. The lowest BCUT2D eigenvalue weighted by molar-refractivity contribution is 1.25. The Morgan fingerprint density at radius 3 is 2.82 bits per heavy atom. The van der Waals surface area contributed by atoms with Gasteiger partial charge in [-0.15, -0.1) is 0 Å². The predicted octanol–water partition coefficient (Wildman–Crippen LogP) is 3.34. The highest BCUT2D eigenvalue weighted by atomic mass is 14.7. The molecular weight excluding hydrogens is 210 g/mol. The number of aromatic amines is 2. The summed E-state index contributed by atoms with van der Waals surface area (Å²) in [6.07, 6.45) is 1.97. The molecule has 0 unspecified atom stereocenters. The highest BCUT2D eigenvalue weighted by Gasteiger charge is 2.09. The minimum atomic E-state index is 0.699. The van der Waals surface area contributed by atoms with Gasteiger partial charge in [-0.05, 0) is 19.1 Å². The number of para-hydroxylation sites is 1. The summed E-state index contributed by atoms with van der Waals surface area (Å²) in [6.45, 7) is 1.91. The Hall–Kier alpha value is -2.47. The highest BCUT2D eigenvalue weighted by Crippen LogP contribution is 2.28. The molecule has 3 aromatic rings. The van der Waals surface area contributed by atoms with Crippen LogP contribution in [0.3, 0.4) is 0 Å². The van der Waals surface area contributed by atoms with Crippen molar-refractivity contribution in [1.82, 2.24) is 9.97 Å². The zero-order valence-electron chi connectivity index (χ0n) is 9.41. The topological polar surface area (TPSA) is 55.4 Å². The molecule has 0 bridgehead atoms. The van der Waals surface area contributed by atoms with Gasteiger partial charge in [-0.25, -0.2) is 0 Å². The largest absolute Gasteiger partial charge is 0.360 e. The van der Waals surface area contributed by atoms with Crippen molar-refractivity contribution in [3.63, 3.8) is 0 Å². The monoisotopic (exact) mass is 221 g/mol. The number of nitrogens with one attached hydrogen (secondary N) is 2. The molecule has 2 aromatic heterocycles. The summed E-state index contributed by atoms with van der Waals surface area (Å²) >= 11 is 0. The van der Waals surface area contributed by atoms with Crippen LogP contribution in [0, 0.1) is 18.3 Å². The molecule has 3 heteroatoms. The molecule has 0 aliphatic heterocycles. The van der Waals surface area contributed by atoms with Crippen LogP contribution in [0.4, 0.5) is 0 Å². The number of benzene rings is 1. The lowest BCUT2D eigenvalue weighted by atomic mass is 10.1. The molecule has 0 spiro atoms. The third-order valence-corrected chi connectivity index (χ3v) is 3.01. The molecule has 0 atom stereocenters. The van der Waals surface area contributed by atoms with Crippen LogP contribution < -0.4 is 0 Å². The van der Waals surface area contributed by atoms with Gasteiger partial charge in [0.05, 0.1) is 5.56 Å². The fourth-order valence-corrected chi connectivity index (χ4v) is 2.11. The van der Waals surface area contributed by atoms with Crippen LogP contribution >= 0.6 is 0 Å². The van der Waals surface area contributed by atoms with Crippen molar-refractivity contribution in [2.24, 2.45) is 0 Å². The van der Waals surface area contributed by atoms with E-state index < -0.39 is 0 Å². The lowest BCUT2D eigenvalue weighted by Gasteiger charge is -1.94. The first-order valence-electron chi connectivity index (χ1n) is 5.46. The minimum Gasteiger partial charge on any atom is -0.360 e. The fraction of sp³-hybridized carbons (Fsp3) is 0.0714. The molecule has 2 heterocycles. The zero-order chi connectivity index (χ0) is 11.8. The summed E-state index contributed by atoms with van der Waals surface area (Å²) in [6, 6.07) is 12.2. The fourth-order valence-electron chi connectivity index (χ4n) is 2.11. The molecule has 2 N–H and O–H groups in total. The van der Waals surface area contributed by atoms with Gasteiger partial charge in [0.15, 0.2) is 0 Å². The number of hydrogen-bond donors (Lipinski definition) is 2. The third kappa shape index (κ3) is 1.42. The molecule has 0 amide bonds. The van der Waals surface area contributed by atoms with Crippen molar-refractivity contribution in [2.75, 3.05) is 0 Å². The maximum atomic E-state index is 8.96. The van der Waals surface area contributed by atoms with Crippen LogP contribution in [-0.4, -0.2) is 9.97 Å². The highest BCUT2D eigenvalue weighted by molar-refractivity contribution is 5.94. The van der Waals surface area contributed by atoms with E-state index in [-0.39, 0.29) is 0 Å². The van der Waals surface area contributed by atoms with E-state index in [0.717, 1.165) is 22.5 Å². The van der Waals surface area contributed by atoms with E-state index in [9.17, 15) is 0 Å². The van der Waals surface area contributed by atoms with Crippen LogP contribution in [0.5, 0.6) is 0 Å². The standard InChI is InChI=1S/C14H11N3/c1-9-10(7-15)6-14(17-9)12-8-16-13-5-3-2-4-11(12)13/h2-6,8,16-17H,1H3. The second-order valence-corrected chi connectivity index (χ2v) is 4.08. The smallest absolute Gasteiger partial charge is 0.101 e. The van der Waals surface area contributed by atoms with Crippen LogP contribution in [0.15, 0.2) is 36.5 Å². The Labute approximate surface area is 98.7 Å². The maximum absolute atomic E-state index is 8.96. The molecule has 3 nitrogen and oxygen atoms in total. The minimum absolute atomic E-state index is 0.699. The first-order valence-corrected chi connectivity index (χ1v) is 5.46. The summed E-state index contributed by atoms with van der Waals surface area (Å²) in [5, 5.41) is 10.1. The molecule has 3 rings (SSSR count). The van der Waals surface area contributed by atoms with Gasteiger partial charge in [0.1, 0.15) is 6.07 Å². The van der Waals surface area contributed by atoms with Gasteiger partial charge in [-0.2, -0.15) is 5.26 Å². The second-order valence-electron chi connectivity index (χ2n) is 4.08. The van der Waals surface area contributed by atoms with E-state index in [4.69, 9.17) is 5.26 Å². The number of nitriles is 1. The van der Waals surface area contributed by atoms with Crippen LogP contribution in [0.25, 0.3) is 22.2 Å². The molecular formula is C14H11N3. The van der Waals surface area contributed by atoms with E-state index >= 15 is 0 Å². The van der Waals surface area contributed by atoms with E-state index in [1.807, 2.05) is 37.4 Å². The molecule has 0 saturated heterocycles. The third-order valence-electron chi connectivity index (χ3n) is 3.01. The Kier molecular flexibility index (Phi) is 2.02. The van der Waals surface area contributed by atoms with E-state index in [0.29, 0.717) is 5.56 Å². The molecule has 0 aliphatic carbocycles. The molecule has 17 heavy (non-hydrogen) atoms. The zero-order valence-corrected chi connectivity index (χ0v) is 9.41. The summed E-state index contributed by atoms with van der Waals surface area (Å²) < 4.78 is 0. The molecule has 1 aromatic carbocycles. The number of aryl methyl sites for hydroxylation is 1. The summed E-state index contributed by atoms with van der Waals surface area (Å²) in [7, 11) is 0. The van der Waals surface area contributed by atoms with Crippen molar-refractivity contribution in [2.45, 2.75) is 6.92 Å². The number of rotatable bonds is 1. The van der Waals surface area contributed by atoms with Gasteiger partial charge < -0.3 is 9.97 Å².